The van der Waals surface area contributed by atoms with Crippen LogP contribution in [0.1, 0.15) is 49.6 Å². The Labute approximate surface area is 95.4 Å². The first kappa shape index (κ1) is 12.7. The van der Waals surface area contributed by atoms with Gasteiger partial charge in [0.05, 0.1) is 6.04 Å². The predicted molar refractivity (Wildman–Crippen MR) is 60.9 cm³/mol. The highest BCUT2D eigenvalue weighted by Crippen LogP contribution is 2.17. The highest BCUT2D eigenvalue weighted by Gasteiger charge is 2.17. The summed E-state index contributed by atoms with van der Waals surface area (Å²) in [6, 6.07) is -0.247. The van der Waals surface area contributed by atoms with Crippen molar-refractivity contribution in [2.75, 3.05) is 6.54 Å². The summed E-state index contributed by atoms with van der Waals surface area (Å²) in [6.45, 7) is 6.57. The van der Waals surface area contributed by atoms with Crippen molar-refractivity contribution in [2.45, 2.75) is 33.2 Å². The van der Waals surface area contributed by atoms with Gasteiger partial charge in [-0.1, -0.05) is 13.8 Å². The zero-order chi connectivity index (χ0) is 12.1. The van der Waals surface area contributed by atoms with Gasteiger partial charge in [0.2, 0.25) is 5.89 Å². The summed E-state index contributed by atoms with van der Waals surface area (Å²) in [7, 11) is 0. The molecule has 90 valence electrons. The topological polar surface area (TPSA) is 81.2 Å². The number of oxazole rings is 1. The summed E-state index contributed by atoms with van der Waals surface area (Å²) in [5, 5.41) is 2.65. The van der Waals surface area contributed by atoms with Gasteiger partial charge in [-0.3, -0.25) is 4.79 Å². The molecule has 5 nitrogen and oxygen atoms in total. The van der Waals surface area contributed by atoms with Crippen LogP contribution in [0.2, 0.25) is 0 Å². The standard InChI is InChI=1S/C11H19N3O2/c1-4-13-10(15)9-6-16-11(14-9)8(12)5-7(2)3/h6-8H,4-5,12H2,1-3H3,(H,13,15). The molecule has 0 aliphatic rings. The maximum absolute atomic E-state index is 11.4. The van der Waals surface area contributed by atoms with Gasteiger partial charge >= 0.3 is 0 Å². The molecule has 1 aromatic rings. The van der Waals surface area contributed by atoms with Crippen molar-refractivity contribution in [1.29, 1.82) is 0 Å². The monoisotopic (exact) mass is 225 g/mol. The summed E-state index contributed by atoms with van der Waals surface area (Å²) in [4.78, 5) is 15.5. The third-order valence-corrected chi connectivity index (χ3v) is 2.13. The fraction of sp³-hybridized carbons (Fsp3) is 0.636. The number of rotatable bonds is 5. The Morgan fingerprint density at radius 2 is 2.31 bits per heavy atom. The van der Waals surface area contributed by atoms with Gasteiger partial charge in [-0.15, -0.1) is 0 Å². The van der Waals surface area contributed by atoms with Crippen molar-refractivity contribution in [3.05, 3.63) is 17.8 Å². The van der Waals surface area contributed by atoms with E-state index in [2.05, 4.69) is 24.1 Å². The molecule has 0 fully saturated rings. The van der Waals surface area contributed by atoms with Gasteiger partial charge in [0.15, 0.2) is 5.69 Å². The molecule has 1 rings (SSSR count). The first-order chi connectivity index (χ1) is 7.54. The van der Waals surface area contributed by atoms with Gasteiger partial charge in [0.25, 0.3) is 5.91 Å². The number of nitrogens with two attached hydrogens (primary N) is 1. The summed E-state index contributed by atoms with van der Waals surface area (Å²) in [6.07, 6.45) is 2.13. The van der Waals surface area contributed by atoms with E-state index in [4.69, 9.17) is 10.2 Å². The average molecular weight is 225 g/mol. The van der Waals surface area contributed by atoms with E-state index in [1.54, 1.807) is 0 Å². The van der Waals surface area contributed by atoms with Crippen molar-refractivity contribution in [2.24, 2.45) is 11.7 Å². The van der Waals surface area contributed by atoms with E-state index in [9.17, 15) is 4.79 Å². The summed E-state index contributed by atoms with van der Waals surface area (Å²) in [5.74, 6) is 0.666. The SMILES string of the molecule is CCNC(=O)c1coc(C(N)CC(C)C)n1. The lowest BCUT2D eigenvalue weighted by molar-refractivity contribution is 0.0951. The second-order valence-electron chi connectivity index (χ2n) is 4.17. The normalized spacial score (nSPS) is 12.8. The molecule has 1 atom stereocenters. The number of amides is 1. The molecule has 0 saturated carbocycles. The number of carbonyl (C=O) groups excluding carboxylic acids is 1. The predicted octanol–water partition coefficient (Wildman–Crippen LogP) is 1.47. The molecule has 1 heterocycles. The molecular formula is C11H19N3O2. The average Bonchev–Trinajstić information content (AvgIpc) is 2.65. The van der Waals surface area contributed by atoms with Crippen molar-refractivity contribution in [1.82, 2.24) is 10.3 Å². The smallest absolute Gasteiger partial charge is 0.273 e. The van der Waals surface area contributed by atoms with E-state index in [-0.39, 0.29) is 17.6 Å². The van der Waals surface area contributed by atoms with E-state index in [1.165, 1.54) is 6.26 Å². The minimum absolute atomic E-state index is 0.228. The Hall–Kier alpha value is -1.36. The molecule has 1 unspecified atom stereocenters. The maximum atomic E-state index is 11.4. The van der Waals surface area contributed by atoms with Crippen LogP contribution in [0, 0.1) is 5.92 Å². The van der Waals surface area contributed by atoms with Gasteiger partial charge in [-0.25, -0.2) is 4.98 Å². The molecule has 1 aromatic heterocycles. The Morgan fingerprint density at radius 3 is 2.88 bits per heavy atom. The Bertz CT molecular complexity index is 347. The van der Waals surface area contributed by atoms with Crippen LogP contribution in [-0.4, -0.2) is 17.4 Å². The number of aromatic nitrogens is 1. The number of nitrogens with one attached hydrogen (secondary N) is 1. The molecule has 16 heavy (non-hydrogen) atoms. The van der Waals surface area contributed by atoms with Crippen molar-refractivity contribution in [3.8, 4) is 0 Å². The van der Waals surface area contributed by atoms with E-state index in [0.717, 1.165) is 6.42 Å². The number of carbonyl (C=O) groups is 1. The van der Waals surface area contributed by atoms with Gasteiger partial charge in [-0.05, 0) is 19.3 Å². The molecule has 1 amide bonds. The zero-order valence-corrected chi connectivity index (χ0v) is 9.99. The van der Waals surface area contributed by atoms with E-state index < -0.39 is 0 Å². The van der Waals surface area contributed by atoms with Gasteiger partial charge < -0.3 is 15.5 Å². The van der Waals surface area contributed by atoms with Crippen LogP contribution in [0.5, 0.6) is 0 Å². The third kappa shape index (κ3) is 3.34. The summed E-state index contributed by atoms with van der Waals surface area (Å²) < 4.78 is 5.20. The second-order valence-corrected chi connectivity index (χ2v) is 4.17. The van der Waals surface area contributed by atoms with Crippen molar-refractivity contribution >= 4 is 5.91 Å². The minimum atomic E-state index is -0.247. The fourth-order valence-electron chi connectivity index (χ4n) is 1.42. The Kier molecular flexibility index (Phi) is 4.49. The largest absolute Gasteiger partial charge is 0.446 e. The van der Waals surface area contributed by atoms with E-state index >= 15 is 0 Å². The maximum Gasteiger partial charge on any atom is 0.273 e. The van der Waals surface area contributed by atoms with E-state index in [0.29, 0.717) is 18.4 Å². The highest BCUT2D eigenvalue weighted by atomic mass is 16.3. The second kappa shape index (κ2) is 5.65. The van der Waals surface area contributed by atoms with Crippen molar-refractivity contribution < 1.29 is 9.21 Å². The molecular weight excluding hydrogens is 206 g/mol. The van der Waals surface area contributed by atoms with Crippen LogP contribution >= 0.6 is 0 Å². The zero-order valence-electron chi connectivity index (χ0n) is 9.99. The fourth-order valence-corrected chi connectivity index (χ4v) is 1.42. The lowest BCUT2D eigenvalue weighted by Crippen LogP contribution is -2.23. The van der Waals surface area contributed by atoms with Crippen LogP contribution in [0.4, 0.5) is 0 Å². The summed E-state index contributed by atoms with van der Waals surface area (Å²) in [5.41, 5.74) is 6.18. The summed E-state index contributed by atoms with van der Waals surface area (Å²) >= 11 is 0. The highest BCUT2D eigenvalue weighted by molar-refractivity contribution is 5.91. The first-order valence-electron chi connectivity index (χ1n) is 5.53. The lowest BCUT2D eigenvalue weighted by Gasteiger charge is -2.09. The number of hydrogen-bond donors (Lipinski definition) is 2. The first-order valence-corrected chi connectivity index (χ1v) is 5.53. The molecule has 0 radical (unpaired) electrons. The Balaban J connectivity index is 2.67. The van der Waals surface area contributed by atoms with Crippen LogP contribution in [-0.2, 0) is 0 Å². The Morgan fingerprint density at radius 1 is 1.62 bits per heavy atom. The number of hydrogen-bond acceptors (Lipinski definition) is 4. The van der Waals surface area contributed by atoms with Gasteiger partial charge in [-0.2, -0.15) is 0 Å². The molecule has 0 aliphatic heterocycles. The third-order valence-electron chi connectivity index (χ3n) is 2.13. The lowest BCUT2D eigenvalue weighted by atomic mass is 10.0. The molecule has 0 aromatic carbocycles. The molecule has 0 aliphatic carbocycles. The van der Waals surface area contributed by atoms with Gasteiger partial charge in [0, 0.05) is 6.54 Å². The molecule has 0 bridgehead atoms. The molecule has 0 spiro atoms. The van der Waals surface area contributed by atoms with Crippen LogP contribution in [0.25, 0.3) is 0 Å². The number of nitrogens with zero attached hydrogens (tertiary/aromatic N) is 1. The molecule has 5 heteroatoms. The molecule has 0 saturated heterocycles. The minimum Gasteiger partial charge on any atom is -0.446 e. The van der Waals surface area contributed by atoms with Crippen LogP contribution < -0.4 is 11.1 Å². The quantitative estimate of drug-likeness (QED) is 0.795. The van der Waals surface area contributed by atoms with E-state index in [1.807, 2.05) is 6.92 Å². The van der Waals surface area contributed by atoms with Crippen molar-refractivity contribution in [3.63, 3.8) is 0 Å². The van der Waals surface area contributed by atoms with Crippen LogP contribution in [0.15, 0.2) is 10.7 Å². The molecule has 3 N–H and O–H groups in total. The van der Waals surface area contributed by atoms with Crippen LogP contribution in [0.3, 0.4) is 0 Å². The van der Waals surface area contributed by atoms with Gasteiger partial charge in [0.1, 0.15) is 6.26 Å².